The highest BCUT2D eigenvalue weighted by Gasteiger charge is 2.38. The molecule has 0 radical (unpaired) electrons. The predicted molar refractivity (Wildman–Crippen MR) is 265 cm³/mol. The molecule has 0 aliphatic carbocycles. The van der Waals surface area contributed by atoms with E-state index in [0.717, 1.165) is 0 Å². The van der Waals surface area contributed by atoms with Gasteiger partial charge in [0.25, 0.3) is 0 Å². The molecule has 0 spiro atoms. The number of aliphatic hydroxyl groups is 3. The van der Waals surface area contributed by atoms with Crippen LogP contribution in [0, 0.1) is 11.8 Å². The number of hydrogen-bond donors (Lipinski definition) is 16. The first kappa shape index (κ1) is 63.4. The maximum atomic E-state index is 14.2. The van der Waals surface area contributed by atoms with Crippen LogP contribution in [0.25, 0.3) is 0 Å². The van der Waals surface area contributed by atoms with Gasteiger partial charge in [0.15, 0.2) is 0 Å². The van der Waals surface area contributed by atoms with Crippen LogP contribution in [-0.2, 0) is 65.6 Å². The SMILES string of the molecule is CC[C@H](C)[C@H](NC(=O)[C@H](CC(N)=O)NC(=O)[C@H](Cc1ccc(O)cc1)NC(=O)[C@H](CC(N)=O)NC(=O)[C@H](CO)NC(=O)[C@@H](N)[C@@H](C)O)C(=O)N[C@H](C(=O)N[C@H](C(=O)N[C@@H](Cc1ccccc1)C(=O)O)[C@@H](C)O)C(C)C. The number of hydrogen-bond acceptors (Lipinski definition) is 16. The van der Waals surface area contributed by atoms with Crippen molar-refractivity contribution < 1.29 is 78.3 Å². The molecule has 0 saturated heterocycles. The van der Waals surface area contributed by atoms with E-state index in [2.05, 4.69) is 42.5 Å². The lowest BCUT2D eigenvalue weighted by Crippen LogP contribution is -2.63. The molecular weight excluding hydrogens is 987 g/mol. The molecule has 2 aromatic rings. The number of rotatable bonds is 31. The summed E-state index contributed by atoms with van der Waals surface area (Å²) in [6.45, 7) is 7.63. The lowest BCUT2D eigenvalue weighted by Gasteiger charge is -2.31. The molecule has 12 atom stereocenters. The van der Waals surface area contributed by atoms with Gasteiger partial charge < -0.3 is 85.3 Å². The number of aliphatic hydroxyl groups excluding tert-OH is 3. The van der Waals surface area contributed by atoms with Crippen molar-refractivity contribution in [3.05, 3.63) is 65.7 Å². The van der Waals surface area contributed by atoms with Crippen molar-refractivity contribution in [2.45, 2.75) is 140 Å². The zero-order chi connectivity index (χ0) is 56.9. The monoisotopic (exact) mass is 1060 g/mol. The molecule has 0 aliphatic rings. The van der Waals surface area contributed by atoms with Gasteiger partial charge in [-0.25, -0.2) is 4.79 Å². The van der Waals surface area contributed by atoms with E-state index in [4.69, 9.17) is 17.2 Å². The average molecular weight is 1060 g/mol. The molecule has 0 bridgehead atoms. The van der Waals surface area contributed by atoms with E-state index in [9.17, 15) is 78.3 Å². The molecule has 19 N–H and O–H groups in total. The van der Waals surface area contributed by atoms with Crippen molar-refractivity contribution in [2.24, 2.45) is 29.0 Å². The number of benzene rings is 2. The quantitative estimate of drug-likeness (QED) is 0.0335. The summed E-state index contributed by atoms with van der Waals surface area (Å²) < 4.78 is 0. The highest BCUT2D eigenvalue weighted by Crippen LogP contribution is 2.15. The van der Waals surface area contributed by atoms with Crippen LogP contribution in [-0.4, -0.2) is 164 Å². The lowest BCUT2D eigenvalue weighted by molar-refractivity contribution is -0.143. The Balaban J connectivity index is 2.43. The second kappa shape index (κ2) is 30.4. The van der Waals surface area contributed by atoms with E-state index in [1.807, 2.05) is 0 Å². The van der Waals surface area contributed by atoms with Gasteiger partial charge in [-0.05, 0) is 48.9 Å². The number of primary amides is 2. The Morgan fingerprint density at radius 2 is 0.893 bits per heavy atom. The summed E-state index contributed by atoms with van der Waals surface area (Å²) in [7, 11) is 0. The third-order valence-corrected chi connectivity index (χ3v) is 11.7. The molecule has 0 fully saturated rings. The van der Waals surface area contributed by atoms with Crippen LogP contribution >= 0.6 is 0 Å². The summed E-state index contributed by atoms with van der Waals surface area (Å²) in [5, 5.41) is 68.4. The van der Waals surface area contributed by atoms with E-state index in [0.29, 0.717) is 11.1 Å². The van der Waals surface area contributed by atoms with E-state index in [1.165, 1.54) is 52.0 Å². The number of aromatic hydroxyl groups is 1. The molecule has 75 heavy (non-hydrogen) atoms. The van der Waals surface area contributed by atoms with Crippen LogP contribution in [0.1, 0.15) is 71.9 Å². The van der Waals surface area contributed by atoms with Crippen molar-refractivity contribution in [2.75, 3.05) is 6.61 Å². The number of carboxylic acids is 1. The Hall–Kier alpha value is -7.75. The largest absolute Gasteiger partial charge is 0.508 e. The first-order valence-electron chi connectivity index (χ1n) is 23.9. The molecule has 0 aliphatic heterocycles. The standard InChI is InChI=1S/C48H71N11O16/c1-7-23(4)38(46(72)57-37(22(2)3)45(71)59-39(25(6)62)47(73)55-32(48(74)75)18-26-11-9-8-10-12-26)58-42(68)31(20-35(50)65)53-40(66)29(17-27-13-15-28(63)16-14-27)52-41(67)30(19-34(49)64)54-43(69)33(21-60)56-44(70)36(51)24(5)61/h8-16,22-25,29-33,36-39,60-63H,7,17-21,51H2,1-6H3,(H2,49,64)(H2,50,65)(H,52,67)(H,53,66)(H,54,69)(H,55,73)(H,56,70)(H,57,72)(H,58,68)(H,59,71)(H,74,75)/t23-,24+,25+,29-,30-,31-,32-,33-,36-,37-,38-,39-/m0/s1. The molecule has 2 aromatic carbocycles. The zero-order valence-corrected chi connectivity index (χ0v) is 42.4. The first-order valence-corrected chi connectivity index (χ1v) is 23.9. The van der Waals surface area contributed by atoms with Gasteiger partial charge in [0.1, 0.15) is 60.1 Å². The molecule has 414 valence electrons. The Bertz CT molecular complexity index is 2320. The van der Waals surface area contributed by atoms with Gasteiger partial charge in [-0.15, -0.1) is 0 Å². The van der Waals surface area contributed by atoms with E-state index < -0.39 is 169 Å². The van der Waals surface area contributed by atoms with Crippen molar-refractivity contribution >= 4 is 65.0 Å². The normalized spacial score (nSPS) is 15.9. The molecular formula is C48H71N11O16. The van der Waals surface area contributed by atoms with E-state index in [1.54, 1.807) is 44.2 Å². The summed E-state index contributed by atoms with van der Waals surface area (Å²) in [5.74, 6) is -14.0. The van der Waals surface area contributed by atoms with Crippen molar-refractivity contribution in [3.63, 3.8) is 0 Å². The van der Waals surface area contributed by atoms with Crippen LogP contribution < -0.4 is 59.7 Å². The Kier molecular flexibility index (Phi) is 25.7. The number of nitrogens with two attached hydrogens (primary N) is 3. The number of amides is 10. The third kappa shape index (κ3) is 21.0. The molecule has 27 nitrogen and oxygen atoms in total. The van der Waals surface area contributed by atoms with Crippen molar-refractivity contribution in [1.29, 1.82) is 0 Å². The minimum Gasteiger partial charge on any atom is -0.508 e. The second-order valence-corrected chi connectivity index (χ2v) is 18.3. The smallest absolute Gasteiger partial charge is 0.326 e. The topological polar surface area (TPSA) is 463 Å². The Labute approximate surface area is 432 Å². The lowest BCUT2D eigenvalue weighted by atomic mass is 9.95. The average Bonchev–Trinajstić information content (AvgIpc) is 3.34. The maximum absolute atomic E-state index is 14.2. The minimum absolute atomic E-state index is 0.127. The number of aliphatic carboxylic acids is 1. The summed E-state index contributed by atoms with van der Waals surface area (Å²) in [5.41, 5.74) is 17.3. The van der Waals surface area contributed by atoms with Gasteiger partial charge >= 0.3 is 5.97 Å². The predicted octanol–water partition coefficient (Wildman–Crippen LogP) is -5.33. The molecule has 0 saturated carbocycles. The van der Waals surface area contributed by atoms with Crippen LogP contribution in [0.3, 0.4) is 0 Å². The van der Waals surface area contributed by atoms with Gasteiger partial charge in [-0.2, -0.15) is 0 Å². The minimum atomic E-state index is -1.87. The molecule has 0 unspecified atom stereocenters. The number of phenols is 1. The van der Waals surface area contributed by atoms with Crippen molar-refractivity contribution in [3.8, 4) is 5.75 Å². The summed E-state index contributed by atoms with van der Waals surface area (Å²) in [6, 6.07) is -1.24. The number of phenolic OH excluding ortho intramolecular Hbond substituents is 1. The fourth-order valence-corrected chi connectivity index (χ4v) is 7.09. The third-order valence-electron chi connectivity index (χ3n) is 11.7. The fraction of sp³-hybridized carbons (Fsp3) is 0.521. The molecule has 0 aromatic heterocycles. The van der Waals surface area contributed by atoms with Gasteiger partial charge in [0, 0.05) is 12.8 Å². The van der Waals surface area contributed by atoms with Crippen LogP contribution in [0.4, 0.5) is 0 Å². The van der Waals surface area contributed by atoms with Gasteiger partial charge in [-0.3, -0.25) is 47.9 Å². The number of carbonyl (C=O) groups excluding carboxylic acids is 10. The van der Waals surface area contributed by atoms with Gasteiger partial charge in [0.05, 0.1) is 31.7 Å². The summed E-state index contributed by atoms with van der Waals surface area (Å²) in [6.07, 6.45) is -5.02. The molecule has 2 rings (SSSR count). The number of carboxylic acid groups (broad SMARTS) is 1. The zero-order valence-electron chi connectivity index (χ0n) is 42.4. The first-order chi connectivity index (χ1) is 35.1. The van der Waals surface area contributed by atoms with E-state index in [-0.39, 0.29) is 18.6 Å². The Morgan fingerprint density at radius 3 is 1.36 bits per heavy atom. The highest BCUT2D eigenvalue weighted by atomic mass is 16.4. The van der Waals surface area contributed by atoms with E-state index >= 15 is 0 Å². The van der Waals surface area contributed by atoms with Gasteiger partial charge in [0.2, 0.25) is 59.1 Å². The van der Waals surface area contributed by atoms with Crippen LogP contribution in [0.5, 0.6) is 5.75 Å². The van der Waals surface area contributed by atoms with Crippen molar-refractivity contribution in [1.82, 2.24) is 42.5 Å². The van der Waals surface area contributed by atoms with Crippen LogP contribution in [0.2, 0.25) is 0 Å². The van der Waals surface area contributed by atoms with Crippen LogP contribution in [0.15, 0.2) is 54.6 Å². The maximum Gasteiger partial charge on any atom is 0.326 e. The number of carbonyl (C=O) groups is 11. The second-order valence-electron chi connectivity index (χ2n) is 18.3. The molecule has 27 heteroatoms. The molecule has 10 amide bonds. The molecule has 0 heterocycles. The Morgan fingerprint density at radius 1 is 0.493 bits per heavy atom. The number of nitrogens with one attached hydrogen (secondary N) is 8. The fourth-order valence-electron chi connectivity index (χ4n) is 7.09. The summed E-state index contributed by atoms with van der Waals surface area (Å²) in [4.78, 5) is 146. The van der Waals surface area contributed by atoms with Gasteiger partial charge in [-0.1, -0.05) is 76.6 Å². The summed E-state index contributed by atoms with van der Waals surface area (Å²) >= 11 is 0. The highest BCUT2D eigenvalue weighted by molar-refractivity contribution is 6.00.